The van der Waals surface area contributed by atoms with Gasteiger partial charge in [0.1, 0.15) is 6.33 Å². The minimum Gasteiger partial charge on any atom is -0.316 e. The van der Waals surface area contributed by atoms with E-state index >= 15 is 0 Å². The fourth-order valence-corrected chi connectivity index (χ4v) is 2.94. The third-order valence-corrected chi connectivity index (χ3v) is 4.12. The molecule has 0 radical (unpaired) electrons. The molecule has 0 bridgehead atoms. The first kappa shape index (κ1) is 11.9. The Balaban J connectivity index is 1.53. The van der Waals surface area contributed by atoms with Crippen LogP contribution in [-0.4, -0.2) is 33.6 Å². The standard InChI is InChI=1S/C11H20N4S/c1-15-11(13-9-14-15)16-7-6-12-8-10-4-2-3-5-10/h9-10,12H,2-8H2,1H3. The van der Waals surface area contributed by atoms with Crippen LogP contribution in [0.1, 0.15) is 25.7 Å². The Morgan fingerprint density at radius 1 is 1.50 bits per heavy atom. The van der Waals surface area contributed by atoms with Crippen LogP contribution in [0.5, 0.6) is 0 Å². The molecule has 0 spiro atoms. The van der Waals surface area contributed by atoms with Crippen molar-refractivity contribution in [2.75, 3.05) is 18.8 Å². The lowest BCUT2D eigenvalue weighted by Gasteiger charge is -2.09. The molecule has 0 aromatic carbocycles. The van der Waals surface area contributed by atoms with E-state index < -0.39 is 0 Å². The van der Waals surface area contributed by atoms with Crippen molar-refractivity contribution in [3.63, 3.8) is 0 Å². The molecule has 90 valence electrons. The molecule has 0 aliphatic heterocycles. The quantitative estimate of drug-likeness (QED) is 0.607. The summed E-state index contributed by atoms with van der Waals surface area (Å²) in [5.41, 5.74) is 0. The van der Waals surface area contributed by atoms with Crippen molar-refractivity contribution in [3.8, 4) is 0 Å². The van der Waals surface area contributed by atoms with Crippen molar-refractivity contribution in [3.05, 3.63) is 6.33 Å². The summed E-state index contributed by atoms with van der Waals surface area (Å²) in [5, 5.41) is 8.58. The van der Waals surface area contributed by atoms with Crippen LogP contribution in [0.3, 0.4) is 0 Å². The second-order valence-electron chi connectivity index (χ2n) is 4.37. The third kappa shape index (κ3) is 3.49. The van der Waals surface area contributed by atoms with Gasteiger partial charge in [-0.1, -0.05) is 24.6 Å². The van der Waals surface area contributed by atoms with Gasteiger partial charge in [0.15, 0.2) is 5.16 Å². The topological polar surface area (TPSA) is 42.7 Å². The van der Waals surface area contributed by atoms with Crippen LogP contribution in [-0.2, 0) is 7.05 Å². The zero-order valence-corrected chi connectivity index (χ0v) is 10.7. The van der Waals surface area contributed by atoms with Crippen LogP contribution >= 0.6 is 11.8 Å². The number of aryl methyl sites for hydroxylation is 1. The van der Waals surface area contributed by atoms with Gasteiger partial charge in [-0.15, -0.1) is 0 Å². The van der Waals surface area contributed by atoms with Crippen LogP contribution in [0.4, 0.5) is 0 Å². The molecule has 1 aliphatic rings. The molecular formula is C11H20N4S. The lowest BCUT2D eigenvalue weighted by Crippen LogP contribution is -2.23. The first-order valence-electron chi connectivity index (χ1n) is 6.04. The van der Waals surface area contributed by atoms with E-state index in [1.165, 1.54) is 32.2 Å². The van der Waals surface area contributed by atoms with Gasteiger partial charge in [-0.3, -0.25) is 0 Å². The van der Waals surface area contributed by atoms with E-state index in [2.05, 4.69) is 15.4 Å². The number of nitrogens with zero attached hydrogens (tertiary/aromatic N) is 3. The molecule has 0 unspecified atom stereocenters. The minimum atomic E-state index is 0.930. The van der Waals surface area contributed by atoms with Gasteiger partial charge in [-0.25, -0.2) is 9.67 Å². The summed E-state index contributed by atoms with van der Waals surface area (Å²) in [6.45, 7) is 2.26. The summed E-state index contributed by atoms with van der Waals surface area (Å²) >= 11 is 1.76. The number of nitrogens with one attached hydrogen (secondary N) is 1. The number of hydrogen-bond acceptors (Lipinski definition) is 4. The van der Waals surface area contributed by atoms with E-state index in [1.54, 1.807) is 18.1 Å². The maximum absolute atomic E-state index is 4.18. The monoisotopic (exact) mass is 240 g/mol. The summed E-state index contributed by atoms with van der Waals surface area (Å²) in [6.07, 6.45) is 7.31. The number of rotatable bonds is 6. The van der Waals surface area contributed by atoms with Gasteiger partial charge in [0, 0.05) is 19.3 Å². The lowest BCUT2D eigenvalue weighted by molar-refractivity contribution is 0.499. The van der Waals surface area contributed by atoms with Crippen molar-refractivity contribution in [1.82, 2.24) is 20.1 Å². The van der Waals surface area contributed by atoms with Crippen LogP contribution in [0, 0.1) is 5.92 Å². The predicted molar refractivity (Wildman–Crippen MR) is 66.6 cm³/mol. The lowest BCUT2D eigenvalue weighted by atomic mass is 10.1. The minimum absolute atomic E-state index is 0.930. The van der Waals surface area contributed by atoms with Gasteiger partial charge in [0.2, 0.25) is 0 Å². The summed E-state index contributed by atoms with van der Waals surface area (Å²) in [4.78, 5) is 4.18. The molecule has 1 N–H and O–H groups in total. The van der Waals surface area contributed by atoms with Gasteiger partial charge in [0.25, 0.3) is 0 Å². The van der Waals surface area contributed by atoms with Crippen molar-refractivity contribution >= 4 is 11.8 Å². The highest BCUT2D eigenvalue weighted by atomic mass is 32.2. The number of hydrogen-bond donors (Lipinski definition) is 1. The molecule has 1 saturated carbocycles. The zero-order valence-electron chi connectivity index (χ0n) is 9.85. The van der Waals surface area contributed by atoms with Crippen molar-refractivity contribution < 1.29 is 0 Å². The highest BCUT2D eigenvalue weighted by molar-refractivity contribution is 7.99. The van der Waals surface area contributed by atoms with Crippen LogP contribution in [0.2, 0.25) is 0 Å². The van der Waals surface area contributed by atoms with Crippen LogP contribution in [0.25, 0.3) is 0 Å². The molecule has 0 atom stereocenters. The van der Waals surface area contributed by atoms with Gasteiger partial charge in [0.05, 0.1) is 0 Å². The molecule has 1 fully saturated rings. The number of thioether (sulfide) groups is 1. The fourth-order valence-electron chi connectivity index (χ4n) is 2.15. The van der Waals surface area contributed by atoms with E-state index in [4.69, 9.17) is 0 Å². The summed E-state index contributed by atoms with van der Waals surface area (Å²) in [7, 11) is 1.93. The smallest absolute Gasteiger partial charge is 0.185 e. The van der Waals surface area contributed by atoms with Crippen molar-refractivity contribution in [2.24, 2.45) is 13.0 Å². The molecule has 1 heterocycles. The van der Waals surface area contributed by atoms with Crippen molar-refractivity contribution in [2.45, 2.75) is 30.8 Å². The maximum Gasteiger partial charge on any atom is 0.185 e. The molecule has 16 heavy (non-hydrogen) atoms. The van der Waals surface area contributed by atoms with Crippen LogP contribution in [0.15, 0.2) is 11.5 Å². The van der Waals surface area contributed by atoms with E-state index in [0.717, 1.165) is 23.4 Å². The number of aromatic nitrogens is 3. The molecule has 0 amide bonds. The molecule has 4 nitrogen and oxygen atoms in total. The average Bonchev–Trinajstić information content (AvgIpc) is 2.90. The Labute approximate surface area is 101 Å². The molecule has 5 heteroatoms. The van der Waals surface area contributed by atoms with Gasteiger partial charge >= 0.3 is 0 Å². The Morgan fingerprint density at radius 2 is 2.31 bits per heavy atom. The SMILES string of the molecule is Cn1ncnc1SCCNCC1CCCC1. The zero-order chi connectivity index (χ0) is 11.2. The first-order valence-corrected chi connectivity index (χ1v) is 7.02. The normalized spacial score (nSPS) is 17.1. The van der Waals surface area contributed by atoms with E-state index in [0.29, 0.717) is 0 Å². The maximum atomic E-state index is 4.18. The van der Waals surface area contributed by atoms with E-state index in [9.17, 15) is 0 Å². The predicted octanol–water partition coefficient (Wildman–Crippen LogP) is 1.69. The Morgan fingerprint density at radius 3 is 3.00 bits per heavy atom. The van der Waals surface area contributed by atoms with Gasteiger partial charge in [-0.05, 0) is 25.3 Å². The molecular weight excluding hydrogens is 220 g/mol. The van der Waals surface area contributed by atoms with Gasteiger partial charge in [-0.2, -0.15) is 5.10 Å². The van der Waals surface area contributed by atoms with Crippen LogP contribution < -0.4 is 5.32 Å². The van der Waals surface area contributed by atoms with Crippen molar-refractivity contribution in [1.29, 1.82) is 0 Å². The second kappa shape index (κ2) is 6.25. The first-order chi connectivity index (χ1) is 7.86. The highest BCUT2D eigenvalue weighted by Crippen LogP contribution is 2.23. The van der Waals surface area contributed by atoms with E-state index in [1.807, 2.05) is 11.7 Å². The average molecular weight is 240 g/mol. The van der Waals surface area contributed by atoms with E-state index in [-0.39, 0.29) is 0 Å². The molecule has 1 aliphatic carbocycles. The molecule has 0 saturated heterocycles. The highest BCUT2D eigenvalue weighted by Gasteiger charge is 2.13. The Kier molecular flexibility index (Phi) is 4.66. The fraction of sp³-hybridized carbons (Fsp3) is 0.818. The summed E-state index contributed by atoms with van der Waals surface area (Å²) < 4.78 is 1.82. The summed E-state index contributed by atoms with van der Waals surface area (Å²) in [6, 6.07) is 0. The Bertz CT molecular complexity index is 307. The van der Waals surface area contributed by atoms with Gasteiger partial charge < -0.3 is 5.32 Å². The largest absolute Gasteiger partial charge is 0.316 e. The third-order valence-electron chi connectivity index (χ3n) is 3.09. The molecule has 2 rings (SSSR count). The molecule has 1 aromatic rings. The summed E-state index contributed by atoms with van der Waals surface area (Å²) in [5.74, 6) is 2.00. The Hall–Kier alpha value is -0.550. The second-order valence-corrected chi connectivity index (χ2v) is 5.43. The molecule has 1 aromatic heterocycles.